The van der Waals surface area contributed by atoms with Crippen LogP contribution in [0.5, 0.6) is 0 Å². The van der Waals surface area contributed by atoms with Gasteiger partial charge in [0.2, 0.25) is 5.91 Å². The summed E-state index contributed by atoms with van der Waals surface area (Å²) in [5.74, 6) is -0.0687. The highest BCUT2D eigenvalue weighted by molar-refractivity contribution is 5.76. The molecule has 0 heterocycles. The number of carbonyl (C=O) groups is 1. The van der Waals surface area contributed by atoms with Crippen molar-refractivity contribution in [2.24, 2.45) is 0 Å². The summed E-state index contributed by atoms with van der Waals surface area (Å²) in [7, 11) is 0. The topological polar surface area (TPSA) is 69.6 Å². The van der Waals surface area contributed by atoms with Crippen LogP contribution in [0, 0.1) is 0 Å². The van der Waals surface area contributed by atoms with Crippen molar-refractivity contribution in [3.8, 4) is 0 Å². The largest absolute Gasteiger partial charge is 0.394 e. The summed E-state index contributed by atoms with van der Waals surface area (Å²) < 4.78 is 0. The Morgan fingerprint density at radius 2 is 0.619 bits per heavy atom. The standard InChI is InChI=1S/C59H113NO3/c1-3-5-7-9-11-13-15-17-19-21-23-25-27-29-30-31-33-35-37-39-41-43-45-47-49-51-53-55-59(63)60-57(56-61)58(62)54-52-50-48-46-44-42-40-38-36-34-32-28-26-24-22-20-18-16-14-12-10-8-6-4-2/h21,23,44,46,52,54,57-58,61-62H,3-20,22,24-43,45,47-51,53,55-56H2,1-2H3,(H,60,63)/b23-21-,46-44+,54-52+. The lowest BCUT2D eigenvalue weighted by Gasteiger charge is -2.19. The van der Waals surface area contributed by atoms with Crippen LogP contribution in [0.2, 0.25) is 0 Å². The summed E-state index contributed by atoms with van der Waals surface area (Å²) in [6.07, 6.45) is 74.6. The Kier molecular flexibility index (Phi) is 53.7. The normalized spacial score (nSPS) is 13.0. The Bertz CT molecular complexity index is 958. The van der Waals surface area contributed by atoms with Gasteiger partial charge in [-0.2, -0.15) is 0 Å². The number of aliphatic hydroxyl groups is 2. The quantitative estimate of drug-likeness (QED) is 0.0421. The van der Waals surface area contributed by atoms with E-state index < -0.39 is 12.1 Å². The van der Waals surface area contributed by atoms with Gasteiger partial charge < -0.3 is 15.5 Å². The maximum atomic E-state index is 12.5. The predicted molar refractivity (Wildman–Crippen MR) is 281 cm³/mol. The summed E-state index contributed by atoms with van der Waals surface area (Å²) in [6.45, 7) is 4.33. The van der Waals surface area contributed by atoms with E-state index in [0.717, 1.165) is 32.1 Å². The Hall–Kier alpha value is -1.39. The molecule has 63 heavy (non-hydrogen) atoms. The third-order valence-electron chi connectivity index (χ3n) is 13.3. The van der Waals surface area contributed by atoms with Crippen molar-refractivity contribution in [3.05, 3.63) is 36.5 Å². The van der Waals surface area contributed by atoms with Gasteiger partial charge in [0.05, 0.1) is 18.8 Å². The van der Waals surface area contributed by atoms with Crippen LogP contribution in [-0.2, 0) is 4.79 Å². The summed E-state index contributed by atoms with van der Waals surface area (Å²) in [5, 5.41) is 23.2. The van der Waals surface area contributed by atoms with E-state index in [4.69, 9.17) is 0 Å². The Labute approximate surface area is 395 Å². The zero-order valence-electron chi connectivity index (χ0n) is 42.9. The van der Waals surface area contributed by atoms with Gasteiger partial charge in [-0.3, -0.25) is 4.79 Å². The number of rotatable bonds is 53. The molecule has 0 aliphatic rings. The average Bonchev–Trinajstić information content (AvgIpc) is 3.29. The van der Waals surface area contributed by atoms with Crippen molar-refractivity contribution in [2.45, 2.75) is 328 Å². The molecule has 0 radical (unpaired) electrons. The molecule has 0 spiro atoms. The lowest BCUT2D eigenvalue weighted by atomic mass is 10.0. The number of carbonyl (C=O) groups excluding carboxylic acids is 1. The first kappa shape index (κ1) is 61.6. The first-order valence-corrected chi connectivity index (χ1v) is 28.7. The lowest BCUT2D eigenvalue weighted by molar-refractivity contribution is -0.123. The number of nitrogens with one attached hydrogen (secondary N) is 1. The Balaban J connectivity index is 3.50. The number of aliphatic hydroxyl groups excluding tert-OH is 2. The van der Waals surface area contributed by atoms with Crippen LogP contribution in [0.4, 0.5) is 0 Å². The number of amides is 1. The van der Waals surface area contributed by atoms with E-state index in [2.05, 4.69) is 43.5 Å². The molecule has 4 heteroatoms. The maximum Gasteiger partial charge on any atom is 0.220 e. The zero-order valence-corrected chi connectivity index (χ0v) is 42.9. The number of allylic oxidation sites excluding steroid dienone is 5. The number of hydrogen-bond acceptors (Lipinski definition) is 3. The predicted octanol–water partition coefficient (Wildman–Crippen LogP) is 18.9. The van der Waals surface area contributed by atoms with Crippen molar-refractivity contribution in [2.75, 3.05) is 6.61 Å². The van der Waals surface area contributed by atoms with E-state index >= 15 is 0 Å². The van der Waals surface area contributed by atoms with Gasteiger partial charge in [0.25, 0.3) is 0 Å². The van der Waals surface area contributed by atoms with Gasteiger partial charge in [0.1, 0.15) is 0 Å². The fourth-order valence-electron chi connectivity index (χ4n) is 8.96. The molecule has 3 N–H and O–H groups in total. The molecule has 0 rings (SSSR count). The Morgan fingerprint density at radius 3 is 0.921 bits per heavy atom. The highest BCUT2D eigenvalue weighted by Gasteiger charge is 2.18. The summed E-state index contributed by atoms with van der Waals surface area (Å²) in [4.78, 5) is 12.5. The fourth-order valence-corrected chi connectivity index (χ4v) is 8.96. The highest BCUT2D eigenvalue weighted by Crippen LogP contribution is 2.17. The van der Waals surface area contributed by atoms with Gasteiger partial charge in [-0.05, 0) is 57.8 Å². The highest BCUT2D eigenvalue weighted by atomic mass is 16.3. The molecule has 0 fully saturated rings. The molecule has 2 unspecified atom stereocenters. The van der Waals surface area contributed by atoms with Crippen LogP contribution in [0.25, 0.3) is 0 Å². The van der Waals surface area contributed by atoms with E-state index in [-0.39, 0.29) is 12.5 Å². The van der Waals surface area contributed by atoms with E-state index in [0.29, 0.717) is 6.42 Å². The van der Waals surface area contributed by atoms with Gasteiger partial charge in [0.15, 0.2) is 0 Å². The molecule has 1 amide bonds. The molecule has 2 atom stereocenters. The van der Waals surface area contributed by atoms with Crippen molar-refractivity contribution >= 4 is 5.91 Å². The summed E-state index contributed by atoms with van der Waals surface area (Å²) in [5.41, 5.74) is 0. The minimum absolute atomic E-state index is 0.0687. The van der Waals surface area contributed by atoms with Crippen molar-refractivity contribution in [1.29, 1.82) is 0 Å². The van der Waals surface area contributed by atoms with Crippen molar-refractivity contribution in [1.82, 2.24) is 5.32 Å². The van der Waals surface area contributed by atoms with Gasteiger partial charge in [-0.1, -0.05) is 288 Å². The first-order valence-electron chi connectivity index (χ1n) is 28.7. The van der Waals surface area contributed by atoms with E-state index in [1.165, 1.54) is 263 Å². The van der Waals surface area contributed by atoms with E-state index in [1.807, 2.05) is 6.08 Å². The van der Waals surface area contributed by atoms with Gasteiger partial charge in [0, 0.05) is 6.42 Å². The summed E-state index contributed by atoms with van der Waals surface area (Å²) in [6, 6.07) is -0.639. The molecule has 0 saturated heterocycles. The van der Waals surface area contributed by atoms with Crippen LogP contribution in [0.15, 0.2) is 36.5 Å². The Morgan fingerprint density at radius 1 is 0.365 bits per heavy atom. The van der Waals surface area contributed by atoms with Gasteiger partial charge in [-0.25, -0.2) is 0 Å². The minimum atomic E-state index is -0.862. The maximum absolute atomic E-state index is 12.5. The molecule has 0 aromatic heterocycles. The third kappa shape index (κ3) is 51.5. The second-order valence-electron chi connectivity index (χ2n) is 19.7. The van der Waals surface area contributed by atoms with Crippen molar-refractivity contribution < 1.29 is 15.0 Å². The fraction of sp³-hybridized carbons (Fsp3) is 0.881. The van der Waals surface area contributed by atoms with Crippen molar-refractivity contribution in [3.63, 3.8) is 0 Å². The second kappa shape index (κ2) is 54.9. The SMILES string of the molecule is CCCCCCCCCC/C=C\CCCCCCCCCCCCCCCCCC(=O)NC(CO)C(O)/C=C/CC/C=C/CCCCCCCCCCCCCCCCCCCC. The van der Waals surface area contributed by atoms with Crippen LogP contribution in [0.1, 0.15) is 316 Å². The first-order chi connectivity index (χ1) is 31.2. The number of unbranched alkanes of at least 4 members (excludes halogenated alkanes) is 42. The second-order valence-corrected chi connectivity index (χ2v) is 19.7. The van der Waals surface area contributed by atoms with Gasteiger partial charge >= 0.3 is 0 Å². The minimum Gasteiger partial charge on any atom is -0.394 e. The van der Waals surface area contributed by atoms with Crippen LogP contribution >= 0.6 is 0 Å². The van der Waals surface area contributed by atoms with Crippen LogP contribution in [0.3, 0.4) is 0 Å². The number of hydrogen-bond donors (Lipinski definition) is 3. The van der Waals surface area contributed by atoms with E-state index in [9.17, 15) is 15.0 Å². The lowest BCUT2D eigenvalue weighted by Crippen LogP contribution is -2.45. The molecule has 4 nitrogen and oxygen atoms in total. The molecular weight excluding hydrogens is 771 g/mol. The molecule has 0 aromatic rings. The molecule has 0 saturated carbocycles. The summed E-state index contributed by atoms with van der Waals surface area (Å²) >= 11 is 0. The molecule has 372 valence electrons. The molecule has 0 bridgehead atoms. The molecular formula is C59H113NO3. The van der Waals surface area contributed by atoms with Gasteiger partial charge in [-0.15, -0.1) is 0 Å². The van der Waals surface area contributed by atoms with E-state index in [1.54, 1.807) is 6.08 Å². The molecule has 0 aliphatic carbocycles. The molecule has 0 aromatic carbocycles. The zero-order chi connectivity index (χ0) is 45.6. The monoisotopic (exact) mass is 884 g/mol. The molecule has 0 aliphatic heterocycles. The smallest absolute Gasteiger partial charge is 0.220 e. The third-order valence-corrected chi connectivity index (χ3v) is 13.3. The average molecular weight is 885 g/mol. The van der Waals surface area contributed by atoms with Crippen LogP contribution in [-0.4, -0.2) is 34.9 Å². The van der Waals surface area contributed by atoms with Crippen LogP contribution < -0.4 is 5.32 Å².